The van der Waals surface area contributed by atoms with Crippen molar-refractivity contribution < 1.29 is 9.47 Å². The zero-order chi connectivity index (χ0) is 15.0. The van der Waals surface area contributed by atoms with Crippen molar-refractivity contribution in [3.05, 3.63) is 28.2 Å². The topological polar surface area (TPSA) is 30.5 Å². The van der Waals surface area contributed by atoms with Crippen molar-refractivity contribution in [1.82, 2.24) is 5.32 Å². The van der Waals surface area contributed by atoms with Crippen LogP contribution in [0.4, 0.5) is 0 Å². The van der Waals surface area contributed by atoms with E-state index >= 15 is 0 Å². The molecule has 0 spiro atoms. The van der Waals surface area contributed by atoms with Crippen molar-refractivity contribution in [2.75, 3.05) is 20.3 Å². The van der Waals surface area contributed by atoms with Gasteiger partial charge in [0.25, 0.3) is 0 Å². The quantitative estimate of drug-likeness (QED) is 0.739. The lowest BCUT2D eigenvalue weighted by atomic mass is 10.1. The molecule has 0 heterocycles. The number of nitrogens with one attached hydrogen (secondary N) is 1. The molecular formula is C16H26BrNO2. The molecule has 20 heavy (non-hydrogen) atoms. The molecule has 1 N–H and O–H groups in total. The Balaban J connectivity index is 2.73. The Hall–Kier alpha value is -0.580. The van der Waals surface area contributed by atoms with Gasteiger partial charge in [-0.25, -0.2) is 0 Å². The second-order valence-corrected chi connectivity index (χ2v) is 6.11. The molecule has 1 rings (SSSR count). The molecule has 0 bridgehead atoms. The monoisotopic (exact) mass is 343 g/mol. The van der Waals surface area contributed by atoms with Crippen LogP contribution in [0.5, 0.6) is 5.75 Å². The molecule has 1 aromatic carbocycles. The van der Waals surface area contributed by atoms with Crippen LogP contribution < -0.4 is 10.1 Å². The molecule has 1 aromatic rings. The number of benzene rings is 1. The highest BCUT2D eigenvalue weighted by Crippen LogP contribution is 2.24. The first-order chi connectivity index (χ1) is 9.56. The summed E-state index contributed by atoms with van der Waals surface area (Å²) in [5, 5.41) is 3.55. The maximum Gasteiger partial charge on any atom is 0.122 e. The van der Waals surface area contributed by atoms with Gasteiger partial charge in [0.2, 0.25) is 0 Å². The lowest BCUT2D eigenvalue weighted by Gasteiger charge is -2.21. The minimum atomic E-state index is 0.255. The van der Waals surface area contributed by atoms with Crippen molar-refractivity contribution in [2.24, 2.45) is 0 Å². The van der Waals surface area contributed by atoms with Crippen LogP contribution in [0.15, 0.2) is 22.7 Å². The van der Waals surface area contributed by atoms with Gasteiger partial charge in [0, 0.05) is 10.5 Å². The van der Waals surface area contributed by atoms with Crippen molar-refractivity contribution in [1.29, 1.82) is 0 Å². The van der Waals surface area contributed by atoms with E-state index in [9.17, 15) is 0 Å². The minimum Gasteiger partial charge on any atom is -0.496 e. The average Bonchev–Trinajstić information content (AvgIpc) is 2.42. The Morgan fingerprint density at radius 1 is 1.30 bits per heavy atom. The van der Waals surface area contributed by atoms with E-state index in [4.69, 9.17) is 9.47 Å². The lowest BCUT2D eigenvalue weighted by Crippen LogP contribution is -2.36. The lowest BCUT2D eigenvalue weighted by molar-refractivity contribution is 0.0612. The average molecular weight is 344 g/mol. The summed E-state index contributed by atoms with van der Waals surface area (Å²) in [6.45, 7) is 8.02. The van der Waals surface area contributed by atoms with E-state index in [1.54, 1.807) is 7.11 Å². The SMILES string of the molecule is CCCNC(COC(C)C)Cc1cc(Br)ccc1OC. The van der Waals surface area contributed by atoms with Crippen LogP contribution >= 0.6 is 15.9 Å². The summed E-state index contributed by atoms with van der Waals surface area (Å²) < 4.78 is 12.3. The standard InChI is InChI=1S/C16H26BrNO2/c1-5-8-18-15(11-20-12(2)3)10-13-9-14(17)6-7-16(13)19-4/h6-7,9,12,15,18H,5,8,10-11H2,1-4H3. The number of hydrogen-bond donors (Lipinski definition) is 1. The molecule has 0 aromatic heterocycles. The van der Waals surface area contributed by atoms with Crippen LogP contribution in [0.25, 0.3) is 0 Å². The number of methoxy groups -OCH3 is 1. The molecule has 114 valence electrons. The molecule has 0 aliphatic heterocycles. The van der Waals surface area contributed by atoms with E-state index in [0.29, 0.717) is 12.6 Å². The molecule has 0 aliphatic rings. The van der Waals surface area contributed by atoms with E-state index in [1.807, 2.05) is 12.1 Å². The van der Waals surface area contributed by atoms with E-state index in [2.05, 4.69) is 48.1 Å². The van der Waals surface area contributed by atoms with E-state index in [-0.39, 0.29) is 6.10 Å². The van der Waals surface area contributed by atoms with Gasteiger partial charge in [0.15, 0.2) is 0 Å². The maximum atomic E-state index is 5.76. The molecule has 0 saturated heterocycles. The zero-order valence-corrected chi connectivity index (χ0v) is 14.5. The molecule has 3 nitrogen and oxygen atoms in total. The van der Waals surface area contributed by atoms with Gasteiger partial charge in [0.05, 0.1) is 19.8 Å². The van der Waals surface area contributed by atoms with E-state index < -0.39 is 0 Å². The largest absolute Gasteiger partial charge is 0.496 e. The van der Waals surface area contributed by atoms with Gasteiger partial charge in [-0.1, -0.05) is 22.9 Å². The third-order valence-corrected chi connectivity index (χ3v) is 3.52. The number of ether oxygens (including phenoxy) is 2. The second-order valence-electron chi connectivity index (χ2n) is 5.19. The van der Waals surface area contributed by atoms with E-state index in [1.165, 1.54) is 5.56 Å². The first-order valence-electron chi connectivity index (χ1n) is 7.24. The smallest absolute Gasteiger partial charge is 0.122 e. The third-order valence-electron chi connectivity index (χ3n) is 3.02. The third kappa shape index (κ3) is 6.25. The Morgan fingerprint density at radius 2 is 2.05 bits per heavy atom. The fourth-order valence-corrected chi connectivity index (χ4v) is 2.43. The zero-order valence-electron chi connectivity index (χ0n) is 12.9. The minimum absolute atomic E-state index is 0.255. The van der Waals surface area contributed by atoms with Crippen LogP contribution in [-0.2, 0) is 11.2 Å². The molecule has 0 amide bonds. The van der Waals surface area contributed by atoms with Gasteiger partial charge in [-0.3, -0.25) is 0 Å². The summed E-state index contributed by atoms with van der Waals surface area (Å²) in [6.07, 6.45) is 2.27. The number of halogens is 1. The summed E-state index contributed by atoms with van der Waals surface area (Å²) >= 11 is 3.52. The number of rotatable bonds is 9. The van der Waals surface area contributed by atoms with Crippen molar-refractivity contribution in [2.45, 2.75) is 45.8 Å². The molecule has 0 fully saturated rings. The molecule has 0 aliphatic carbocycles. The van der Waals surface area contributed by atoms with Crippen LogP contribution in [0.2, 0.25) is 0 Å². The normalized spacial score (nSPS) is 12.7. The summed E-state index contributed by atoms with van der Waals surface area (Å²) in [4.78, 5) is 0. The van der Waals surface area contributed by atoms with Gasteiger partial charge in [0.1, 0.15) is 5.75 Å². The van der Waals surface area contributed by atoms with Gasteiger partial charge in [-0.05, 0) is 57.0 Å². The van der Waals surface area contributed by atoms with Crippen LogP contribution in [0.1, 0.15) is 32.8 Å². The van der Waals surface area contributed by atoms with Crippen LogP contribution in [-0.4, -0.2) is 32.4 Å². The van der Waals surface area contributed by atoms with Crippen LogP contribution in [0.3, 0.4) is 0 Å². The molecule has 0 saturated carbocycles. The van der Waals surface area contributed by atoms with Gasteiger partial charge >= 0.3 is 0 Å². The van der Waals surface area contributed by atoms with Gasteiger partial charge < -0.3 is 14.8 Å². The van der Waals surface area contributed by atoms with Crippen LogP contribution in [0, 0.1) is 0 Å². The van der Waals surface area contributed by atoms with Gasteiger partial charge in [-0.15, -0.1) is 0 Å². The Kier molecular flexibility index (Phi) is 8.19. The summed E-state index contributed by atoms with van der Waals surface area (Å²) in [5.74, 6) is 0.932. The Labute approximate surface area is 131 Å². The van der Waals surface area contributed by atoms with Gasteiger partial charge in [-0.2, -0.15) is 0 Å². The molecular weight excluding hydrogens is 318 g/mol. The maximum absolute atomic E-state index is 5.76. The first kappa shape index (κ1) is 17.5. The highest BCUT2D eigenvalue weighted by Gasteiger charge is 2.13. The molecule has 0 radical (unpaired) electrons. The Morgan fingerprint density at radius 3 is 2.65 bits per heavy atom. The fraction of sp³-hybridized carbons (Fsp3) is 0.625. The van der Waals surface area contributed by atoms with Crippen molar-refractivity contribution in [3.63, 3.8) is 0 Å². The predicted molar refractivity (Wildman–Crippen MR) is 87.6 cm³/mol. The first-order valence-corrected chi connectivity index (χ1v) is 8.03. The summed E-state index contributed by atoms with van der Waals surface area (Å²) in [5.41, 5.74) is 1.20. The molecule has 1 unspecified atom stereocenters. The van der Waals surface area contributed by atoms with E-state index in [0.717, 1.165) is 29.6 Å². The van der Waals surface area contributed by atoms with Crippen molar-refractivity contribution in [3.8, 4) is 5.75 Å². The number of hydrogen-bond acceptors (Lipinski definition) is 3. The summed E-state index contributed by atoms with van der Waals surface area (Å²) in [6, 6.07) is 6.43. The molecule has 4 heteroatoms. The Bertz CT molecular complexity index is 396. The fourth-order valence-electron chi connectivity index (χ4n) is 2.02. The predicted octanol–water partition coefficient (Wildman–Crippen LogP) is 3.79. The summed E-state index contributed by atoms with van der Waals surface area (Å²) in [7, 11) is 1.71. The highest BCUT2D eigenvalue weighted by atomic mass is 79.9. The molecule has 1 atom stereocenters. The van der Waals surface area contributed by atoms with Crippen molar-refractivity contribution >= 4 is 15.9 Å². The highest BCUT2D eigenvalue weighted by molar-refractivity contribution is 9.10. The second kappa shape index (κ2) is 9.37.